The van der Waals surface area contributed by atoms with Crippen LogP contribution in [0.5, 0.6) is 11.5 Å². The van der Waals surface area contributed by atoms with Gasteiger partial charge in [-0.25, -0.2) is 10.2 Å². The maximum atomic E-state index is 12.9. The highest BCUT2D eigenvalue weighted by Gasteiger charge is 2.15. The Labute approximate surface area is 195 Å². The quantitative estimate of drug-likeness (QED) is 0.179. The lowest BCUT2D eigenvalue weighted by Gasteiger charge is -2.11. The van der Waals surface area contributed by atoms with Crippen molar-refractivity contribution in [3.05, 3.63) is 107 Å². The van der Waals surface area contributed by atoms with Crippen molar-refractivity contribution in [2.45, 2.75) is 0 Å². The van der Waals surface area contributed by atoms with Crippen LogP contribution >= 0.6 is 11.6 Å². The molecule has 4 aromatic carbocycles. The predicted molar refractivity (Wildman–Crippen MR) is 128 cm³/mol. The zero-order valence-electron chi connectivity index (χ0n) is 17.6. The summed E-state index contributed by atoms with van der Waals surface area (Å²) in [6, 6.07) is 24.5. The van der Waals surface area contributed by atoms with Crippen LogP contribution in [0.3, 0.4) is 0 Å². The molecule has 0 atom stereocenters. The summed E-state index contributed by atoms with van der Waals surface area (Å²) in [4.78, 5) is 25.1. The molecule has 7 heteroatoms. The molecule has 6 nitrogen and oxygen atoms in total. The summed E-state index contributed by atoms with van der Waals surface area (Å²) in [6.45, 7) is 0. The molecular weight excluding hydrogens is 440 g/mol. The van der Waals surface area contributed by atoms with Crippen molar-refractivity contribution in [3.63, 3.8) is 0 Å². The van der Waals surface area contributed by atoms with Gasteiger partial charge in [0.05, 0.1) is 18.9 Å². The number of fused-ring (bicyclic) bond motifs is 1. The van der Waals surface area contributed by atoms with E-state index in [1.54, 1.807) is 48.5 Å². The van der Waals surface area contributed by atoms with Gasteiger partial charge in [0, 0.05) is 10.6 Å². The van der Waals surface area contributed by atoms with Crippen LogP contribution in [0.15, 0.2) is 90.0 Å². The summed E-state index contributed by atoms with van der Waals surface area (Å²) in [6.07, 6.45) is 1.45. The van der Waals surface area contributed by atoms with Gasteiger partial charge >= 0.3 is 5.97 Å². The molecule has 0 spiro atoms. The molecule has 0 bridgehead atoms. The van der Waals surface area contributed by atoms with Crippen molar-refractivity contribution in [1.29, 1.82) is 0 Å². The largest absolute Gasteiger partial charge is 0.493 e. The first-order chi connectivity index (χ1) is 16.0. The Balaban J connectivity index is 1.51. The lowest BCUT2D eigenvalue weighted by molar-refractivity contribution is 0.0731. The third kappa shape index (κ3) is 5.19. The van der Waals surface area contributed by atoms with E-state index >= 15 is 0 Å². The van der Waals surface area contributed by atoms with Crippen LogP contribution in [0, 0.1) is 0 Å². The third-order valence-electron chi connectivity index (χ3n) is 4.89. The second-order valence-electron chi connectivity index (χ2n) is 7.03. The van der Waals surface area contributed by atoms with Crippen LogP contribution in [0.2, 0.25) is 5.02 Å². The van der Waals surface area contributed by atoms with Gasteiger partial charge in [-0.2, -0.15) is 5.10 Å². The van der Waals surface area contributed by atoms with Crippen LogP contribution in [0.4, 0.5) is 0 Å². The van der Waals surface area contributed by atoms with Crippen LogP contribution in [0.1, 0.15) is 26.3 Å². The van der Waals surface area contributed by atoms with Crippen LogP contribution in [-0.4, -0.2) is 25.2 Å². The summed E-state index contributed by atoms with van der Waals surface area (Å²) in [7, 11) is 1.49. The molecule has 0 aliphatic heterocycles. The van der Waals surface area contributed by atoms with E-state index in [0.29, 0.717) is 27.5 Å². The Hall–Kier alpha value is -4.16. The molecule has 1 amide bonds. The van der Waals surface area contributed by atoms with Crippen LogP contribution in [-0.2, 0) is 0 Å². The van der Waals surface area contributed by atoms with Gasteiger partial charge < -0.3 is 9.47 Å². The maximum Gasteiger partial charge on any atom is 0.344 e. The molecule has 0 aliphatic rings. The van der Waals surface area contributed by atoms with E-state index in [9.17, 15) is 9.59 Å². The van der Waals surface area contributed by atoms with E-state index in [1.165, 1.54) is 13.3 Å². The second-order valence-corrected chi connectivity index (χ2v) is 7.47. The molecule has 0 saturated carbocycles. The molecule has 0 unspecified atom stereocenters. The molecule has 33 heavy (non-hydrogen) atoms. The smallest absolute Gasteiger partial charge is 0.344 e. The number of nitrogens with one attached hydrogen (secondary N) is 1. The number of carbonyl (C=O) groups is 2. The summed E-state index contributed by atoms with van der Waals surface area (Å²) < 4.78 is 11.0. The molecule has 4 aromatic rings. The first-order valence-corrected chi connectivity index (χ1v) is 10.4. The molecule has 0 heterocycles. The lowest BCUT2D eigenvalue weighted by atomic mass is 10.0. The fourth-order valence-electron chi connectivity index (χ4n) is 3.24. The number of ether oxygens (including phenoxy) is 2. The van der Waals surface area contributed by atoms with Gasteiger partial charge in [0.15, 0.2) is 11.5 Å². The number of amides is 1. The van der Waals surface area contributed by atoms with Gasteiger partial charge in [0.1, 0.15) is 0 Å². The Morgan fingerprint density at radius 3 is 2.45 bits per heavy atom. The highest BCUT2D eigenvalue weighted by Crippen LogP contribution is 2.29. The van der Waals surface area contributed by atoms with E-state index in [0.717, 1.165) is 10.8 Å². The molecule has 0 aliphatic carbocycles. The van der Waals surface area contributed by atoms with E-state index in [4.69, 9.17) is 21.1 Å². The van der Waals surface area contributed by atoms with Crippen molar-refractivity contribution < 1.29 is 19.1 Å². The minimum atomic E-state index is -0.504. The molecule has 0 radical (unpaired) electrons. The zero-order valence-corrected chi connectivity index (χ0v) is 18.4. The fraction of sp³-hybridized carbons (Fsp3) is 0.0385. The SMILES string of the molecule is COc1ccc(/C=N\NC(=O)c2ccc(Cl)cc2)cc1OC(=O)c1cccc2ccccc12. The zero-order chi connectivity index (χ0) is 23.2. The lowest BCUT2D eigenvalue weighted by Crippen LogP contribution is -2.17. The topological polar surface area (TPSA) is 77.0 Å². The Morgan fingerprint density at radius 1 is 0.909 bits per heavy atom. The van der Waals surface area contributed by atoms with Crippen LogP contribution in [0.25, 0.3) is 10.8 Å². The number of carbonyl (C=O) groups excluding carboxylic acids is 2. The number of esters is 1. The van der Waals surface area contributed by atoms with E-state index < -0.39 is 5.97 Å². The highest BCUT2D eigenvalue weighted by molar-refractivity contribution is 6.30. The van der Waals surface area contributed by atoms with Crippen molar-refractivity contribution in [3.8, 4) is 11.5 Å². The number of nitrogens with zero attached hydrogens (tertiary/aromatic N) is 1. The Kier molecular flexibility index (Phi) is 6.66. The number of halogens is 1. The minimum absolute atomic E-state index is 0.239. The number of methoxy groups -OCH3 is 1. The van der Waals surface area contributed by atoms with E-state index in [1.807, 2.05) is 36.4 Å². The fourth-order valence-corrected chi connectivity index (χ4v) is 3.37. The Morgan fingerprint density at radius 2 is 1.67 bits per heavy atom. The number of hydrogen-bond acceptors (Lipinski definition) is 5. The monoisotopic (exact) mass is 458 g/mol. The Bertz CT molecular complexity index is 1350. The van der Waals surface area contributed by atoms with Gasteiger partial charge in [-0.1, -0.05) is 48.0 Å². The van der Waals surface area contributed by atoms with Gasteiger partial charge in [-0.15, -0.1) is 0 Å². The average Bonchev–Trinajstić information content (AvgIpc) is 2.84. The van der Waals surface area contributed by atoms with E-state index in [-0.39, 0.29) is 11.7 Å². The van der Waals surface area contributed by atoms with Gasteiger partial charge in [-0.05, 0) is 64.9 Å². The number of rotatable bonds is 6. The molecule has 1 N–H and O–H groups in total. The van der Waals surface area contributed by atoms with Crippen molar-refractivity contribution in [1.82, 2.24) is 5.43 Å². The number of hydrazone groups is 1. The summed E-state index contributed by atoms with van der Waals surface area (Å²) in [5, 5.41) is 6.26. The van der Waals surface area contributed by atoms with Gasteiger partial charge in [0.2, 0.25) is 0 Å². The summed E-state index contributed by atoms with van der Waals surface area (Å²) >= 11 is 5.84. The molecule has 0 fully saturated rings. The first-order valence-electron chi connectivity index (χ1n) is 10.0. The molecule has 0 aromatic heterocycles. The summed E-state index contributed by atoms with van der Waals surface area (Å²) in [5.74, 6) is -0.247. The first kappa shape index (κ1) is 22.0. The predicted octanol–water partition coefficient (Wildman–Crippen LogP) is 5.48. The summed E-state index contributed by atoms with van der Waals surface area (Å²) in [5.41, 5.74) is 3.93. The average molecular weight is 459 g/mol. The number of benzene rings is 4. The van der Waals surface area contributed by atoms with Gasteiger partial charge in [0.25, 0.3) is 5.91 Å². The molecule has 164 valence electrons. The van der Waals surface area contributed by atoms with E-state index in [2.05, 4.69) is 10.5 Å². The normalized spacial score (nSPS) is 10.8. The molecule has 0 saturated heterocycles. The van der Waals surface area contributed by atoms with Crippen LogP contribution < -0.4 is 14.9 Å². The van der Waals surface area contributed by atoms with Gasteiger partial charge in [-0.3, -0.25) is 4.79 Å². The van der Waals surface area contributed by atoms with Crippen molar-refractivity contribution in [2.75, 3.05) is 7.11 Å². The standard InChI is InChI=1S/C26H19ClN2O4/c1-32-23-14-9-17(16-28-29-25(30)19-10-12-20(27)13-11-19)15-24(23)33-26(31)22-8-4-6-18-5-2-3-7-21(18)22/h2-16H,1H3,(H,29,30)/b28-16-. The van der Waals surface area contributed by atoms with Crippen molar-refractivity contribution >= 4 is 40.5 Å². The third-order valence-corrected chi connectivity index (χ3v) is 5.14. The molecular formula is C26H19ClN2O4. The molecule has 4 rings (SSSR count). The maximum absolute atomic E-state index is 12.9. The second kappa shape index (κ2) is 9.97. The highest BCUT2D eigenvalue weighted by atomic mass is 35.5. The number of hydrogen-bond donors (Lipinski definition) is 1. The minimum Gasteiger partial charge on any atom is -0.493 e. The van der Waals surface area contributed by atoms with Crippen molar-refractivity contribution in [2.24, 2.45) is 5.10 Å².